The van der Waals surface area contributed by atoms with Crippen LogP contribution in [-0.2, 0) is 13.0 Å². The van der Waals surface area contributed by atoms with E-state index in [1.165, 1.54) is 17.5 Å². The van der Waals surface area contributed by atoms with Crippen LogP contribution in [0.25, 0.3) is 0 Å². The first-order valence-electron chi connectivity index (χ1n) is 9.03. The van der Waals surface area contributed by atoms with Crippen LogP contribution in [-0.4, -0.2) is 26.7 Å². The number of para-hydroxylation sites is 1. The first kappa shape index (κ1) is 18.1. The first-order chi connectivity index (χ1) is 12.7. The number of nitrogens with zero attached hydrogens (tertiary/aromatic N) is 1. The van der Waals surface area contributed by atoms with Crippen LogP contribution in [0.3, 0.4) is 0 Å². The van der Waals surface area contributed by atoms with Gasteiger partial charge in [-0.1, -0.05) is 24.3 Å². The number of nitrogens with two attached hydrogens (primary N) is 1. The number of nitrogens with one attached hydrogen (secondary N) is 1. The van der Waals surface area contributed by atoms with Gasteiger partial charge in [-0.05, 0) is 48.6 Å². The molecule has 0 radical (unpaired) electrons. The van der Waals surface area contributed by atoms with Crippen molar-refractivity contribution >= 4 is 5.96 Å². The highest BCUT2D eigenvalue weighted by molar-refractivity contribution is 5.77. The Balaban J connectivity index is 1.61. The predicted octanol–water partition coefficient (Wildman–Crippen LogP) is 3.23. The van der Waals surface area contributed by atoms with Gasteiger partial charge in [0.2, 0.25) is 0 Å². The number of rotatable bonds is 6. The molecule has 3 N–H and O–H groups in total. The van der Waals surface area contributed by atoms with Crippen LogP contribution >= 0.6 is 0 Å². The minimum atomic E-state index is 0.449. The van der Waals surface area contributed by atoms with Crippen LogP contribution in [0.5, 0.6) is 11.5 Å². The third kappa shape index (κ3) is 4.28. The molecule has 138 valence electrons. The zero-order valence-corrected chi connectivity index (χ0v) is 15.5. The standard InChI is InChI=1S/C21H27N3O2/c1-25-18-10-11-19-15(12-18)7-5-8-16(19)13-23-21(22)24-14-17-6-3-4-9-20(17)26-2/h3-4,6,9-12,16H,5,7-8,13-14H2,1-2H3,(H3,22,23,24). The number of aryl methyl sites for hydroxylation is 1. The van der Waals surface area contributed by atoms with Crippen molar-refractivity contribution in [1.82, 2.24) is 5.32 Å². The lowest BCUT2D eigenvalue weighted by molar-refractivity contribution is 0.410. The minimum absolute atomic E-state index is 0.449. The van der Waals surface area contributed by atoms with Crippen LogP contribution in [0.4, 0.5) is 0 Å². The maximum absolute atomic E-state index is 6.07. The summed E-state index contributed by atoms with van der Waals surface area (Å²) in [6, 6.07) is 14.2. The van der Waals surface area contributed by atoms with Gasteiger partial charge in [-0.25, -0.2) is 4.99 Å². The second-order valence-electron chi connectivity index (χ2n) is 6.55. The van der Waals surface area contributed by atoms with E-state index in [1.807, 2.05) is 30.3 Å². The van der Waals surface area contributed by atoms with Crippen molar-refractivity contribution in [1.29, 1.82) is 0 Å². The third-order valence-corrected chi connectivity index (χ3v) is 4.93. The van der Waals surface area contributed by atoms with E-state index in [0.29, 0.717) is 18.4 Å². The van der Waals surface area contributed by atoms with Gasteiger partial charge in [-0.15, -0.1) is 0 Å². The molecule has 1 aliphatic carbocycles. The number of fused-ring (bicyclic) bond motifs is 1. The van der Waals surface area contributed by atoms with E-state index in [9.17, 15) is 0 Å². The van der Waals surface area contributed by atoms with E-state index in [-0.39, 0.29) is 0 Å². The zero-order chi connectivity index (χ0) is 18.4. The summed E-state index contributed by atoms with van der Waals surface area (Å²) in [6.45, 7) is 1.29. The number of guanidine groups is 1. The number of hydrogen-bond donors (Lipinski definition) is 2. The Morgan fingerprint density at radius 1 is 1.19 bits per heavy atom. The summed E-state index contributed by atoms with van der Waals surface area (Å²) in [5.41, 5.74) is 9.87. The number of methoxy groups -OCH3 is 2. The molecule has 0 spiro atoms. The molecule has 0 aromatic heterocycles. The fourth-order valence-electron chi connectivity index (χ4n) is 3.52. The molecular formula is C21H27N3O2. The van der Waals surface area contributed by atoms with Gasteiger partial charge in [0.15, 0.2) is 5.96 Å². The van der Waals surface area contributed by atoms with Crippen molar-refractivity contribution in [3.05, 3.63) is 59.2 Å². The smallest absolute Gasteiger partial charge is 0.188 e. The minimum Gasteiger partial charge on any atom is -0.497 e. The summed E-state index contributed by atoms with van der Waals surface area (Å²) in [6.07, 6.45) is 3.46. The van der Waals surface area contributed by atoms with Gasteiger partial charge < -0.3 is 20.5 Å². The molecule has 1 atom stereocenters. The summed E-state index contributed by atoms with van der Waals surface area (Å²) >= 11 is 0. The topological polar surface area (TPSA) is 68.9 Å². The molecule has 0 fully saturated rings. The molecule has 0 amide bonds. The highest BCUT2D eigenvalue weighted by Gasteiger charge is 2.20. The van der Waals surface area contributed by atoms with Crippen molar-refractivity contribution in [3.8, 4) is 11.5 Å². The normalized spacial score (nSPS) is 16.7. The number of benzene rings is 2. The van der Waals surface area contributed by atoms with Crippen LogP contribution < -0.4 is 20.5 Å². The maximum Gasteiger partial charge on any atom is 0.188 e. The lowest BCUT2D eigenvalue weighted by Gasteiger charge is -2.26. The van der Waals surface area contributed by atoms with Gasteiger partial charge in [0.25, 0.3) is 0 Å². The third-order valence-electron chi connectivity index (χ3n) is 4.93. The molecular weight excluding hydrogens is 326 g/mol. The molecule has 5 nitrogen and oxygen atoms in total. The van der Waals surface area contributed by atoms with Gasteiger partial charge in [-0.2, -0.15) is 0 Å². The number of ether oxygens (including phenoxy) is 2. The second-order valence-corrected chi connectivity index (χ2v) is 6.55. The fourth-order valence-corrected chi connectivity index (χ4v) is 3.52. The highest BCUT2D eigenvalue weighted by atomic mass is 16.5. The van der Waals surface area contributed by atoms with Crippen molar-refractivity contribution in [2.24, 2.45) is 10.7 Å². The summed E-state index contributed by atoms with van der Waals surface area (Å²) in [7, 11) is 3.38. The molecule has 3 rings (SSSR count). The Morgan fingerprint density at radius 2 is 2.04 bits per heavy atom. The van der Waals surface area contributed by atoms with E-state index in [2.05, 4.69) is 22.4 Å². The lowest BCUT2D eigenvalue weighted by atomic mass is 9.82. The van der Waals surface area contributed by atoms with Gasteiger partial charge in [0, 0.05) is 18.0 Å². The summed E-state index contributed by atoms with van der Waals surface area (Å²) in [5.74, 6) is 2.68. The molecule has 2 aromatic rings. The molecule has 0 bridgehead atoms. The SMILES string of the molecule is COc1ccc2c(c1)CCCC2CNC(N)=NCc1ccccc1OC. The zero-order valence-electron chi connectivity index (χ0n) is 15.5. The number of hydrogen-bond acceptors (Lipinski definition) is 3. The monoisotopic (exact) mass is 353 g/mol. The molecule has 2 aromatic carbocycles. The van der Waals surface area contributed by atoms with Gasteiger partial charge in [0.05, 0.1) is 20.8 Å². The Morgan fingerprint density at radius 3 is 2.85 bits per heavy atom. The van der Waals surface area contributed by atoms with Crippen molar-refractivity contribution in [2.45, 2.75) is 31.7 Å². The quantitative estimate of drug-likeness (QED) is 0.618. The van der Waals surface area contributed by atoms with E-state index >= 15 is 0 Å². The number of aliphatic imine (C=N–C) groups is 1. The average Bonchev–Trinajstić information content (AvgIpc) is 2.70. The summed E-state index contributed by atoms with van der Waals surface area (Å²) in [4.78, 5) is 4.45. The van der Waals surface area contributed by atoms with Crippen LogP contribution in [0.2, 0.25) is 0 Å². The molecule has 0 heterocycles. The largest absolute Gasteiger partial charge is 0.497 e. The van der Waals surface area contributed by atoms with Crippen LogP contribution in [0.1, 0.15) is 35.4 Å². The lowest BCUT2D eigenvalue weighted by Crippen LogP contribution is -2.35. The Hall–Kier alpha value is -2.69. The van der Waals surface area contributed by atoms with Crippen LogP contribution in [0.15, 0.2) is 47.5 Å². The maximum atomic E-state index is 6.07. The Kier molecular flexibility index (Phi) is 6.00. The Labute approximate surface area is 155 Å². The summed E-state index contributed by atoms with van der Waals surface area (Å²) in [5, 5.41) is 3.29. The molecule has 1 unspecified atom stereocenters. The van der Waals surface area contributed by atoms with E-state index in [1.54, 1.807) is 14.2 Å². The highest BCUT2D eigenvalue weighted by Crippen LogP contribution is 2.33. The van der Waals surface area contributed by atoms with E-state index in [4.69, 9.17) is 15.2 Å². The summed E-state index contributed by atoms with van der Waals surface area (Å²) < 4.78 is 10.7. The second kappa shape index (κ2) is 8.61. The molecule has 1 aliphatic rings. The van der Waals surface area contributed by atoms with Crippen molar-refractivity contribution < 1.29 is 9.47 Å². The van der Waals surface area contributed by atoms with Crippen molar-refractivity contribution in [2.75, 3.05) is 20.8 Å². The van der Waals surface area contributed by atoms with Gasteiger partial charge >= 0.3 is 0 Å². The molecule has 26 heavy (non-hydrogen) atoms. The van der Waals surface area contributed by atoms with Gasteiger partial charge in [-0.3, -0.25) is 0 Å². The molecule has 0 aliphatic heterocycles. The average molecular weight is 353 g/mol. The molecule has 0 saturated carbocycles. The van der Waals surface area contributed by atoms with E-state index < -0.39 is 0 Å². The van der Waals surface area contributed by atoms with Crippen molar-refractivity contribution in [3.63, 3.8) is 0 Å². The fraction of sp³-hybridized carbons (Fsp3) is 0.381. The predicted molar refractivity (Wildman–Crippen MR) is 105 cm³/mol. The first-order valence-corrected chi connectivity index (χ1v) is 9.03. The van der Waals surface area contributed by atoms with Gasteiger partial charge in [0.1, 0.15) is 11.5 Å². The molecule has 0 saturated heterocycles. The molecule has 5 heteroatoms. The Bertz CT molecular complexity index is 774. The van der Waals surface area contributed by atoms with E-state index in [0.717, 1.165) is 36.4 Å². The van der Waals surface area contributed by atoms with Crippen LogP contribution in [0, 0.1) is 0 Å².